The molecule has 0 radical (unpaired) electrons. The van der Waals surface area contributed by atoms with Crippen LogP contribution in [0.15, 0.2) is 10.5 Å². The summed E-state index contributed by atoms with van der Waals surface area (Å²) in [6.07, 6.45) is 1.93. The fraction of sp³-hybridized carbons (Fsp3) is 0.579. The number of hydrogen-bond acceptors (Lipinski definition) is 4. The van der Waals surface area contributed by atoms with Gasteiger partial charge in [-0.25, -0.2) is 4.68 Å². The first-order valence-corrected chi connectivity index (χ1v) is 8.80. The Bertz CT molecular complexity index is 790. The van der Waals surface area contributed by atoms with Gasteiger partial charge in [-0.15, -0.1) is 0 Å². The molecular formula is C19H27N3O3. The van der Waals surface area contributed by atoms with Crippen LogP contribution in [0.2, 0.25) is 0 Å². The molecule has 1 fully saturated rings. The van der Waals surface area contributed by atoms with E-state index in [0.717, 1.165) is 53.6 Å². The van der Waals surface area contributed by atoms with Gasteiger partial charge in [-0.2, -0.15) is 5.10 Å². The summed E-state index contributed by atoms with van der Waals surface area (Å²) in [5.74, 6) is 2.32. The van der Waals surface area contributed by atoms with E-state index in [1.807, 2.05) is 45.7 Å². The highest BCUT2D eigenvalue weighted by atomic mass is 16.5. The van der Waals surface area contributed by atoms with Crippen LogP contribution in [0.25, 0.3) is 0 Å². The molecule has 2 aromatic heterocycles. The number of hydrogen-bond donors (Lipinski definition) is 0. The van der Waals surface area contributed by atoms with Gasteiger partial charge in [0, 0.05) is 19.2 Å². The normalized spacial score (nSPS) is 18.6. The number of carbonyl (C=O) groups is 1. The van der Waals surface area contributed by atoms with Crippen LogP contribution in [0.3, 0.4) is 0 Å². The van der Waals surface area contributed by atoms with E-state index < -0.39 is 0 Å². The van der Waals surface area contributed by atoms with Crippen LogP contribution in [0.1, 0.15) is 60.1 Å². The van der Waals surface area contributed by atoms with Crippen LogP contribution < -0.4 is 4.74 Å². The zero-order valence-corrected chi connectivity index (χ0v) is 15.9. The molecule has 0 spiro atoms. The van der Waals surface area contributed by atoms with Gasteiger partial charge in [0.15, 0.2) is 0 Å². The van der Waals surface area contributed by atoms with Crippen molar-refractivity contribution in [2.75, 3.05) is 13.7 Å². The van der Waals surface area contributed by atoms with E-state index in [2.05, 4.69) is 5.10 Å². The lowest BCUT2D eigenvalue weighted by Gasteiger charge is -2.28. The molecule has 3 rings (SSSR count). The predicted octanol–water partition coefficient (Wildman–Crippen LogP) is 3.41. The molecule has 0 aromatic carbocycles. The van der Waals surface area contributed by atoms with Gasteiger partial charge in [0.2, 0.25) is 11.8 Å². The van der Waals surface area contributed by atoms with Gasteiger partial charge in [-0.1, -0.05) is 0 Å². The van der Waals surface area contributed by atoms with Crippen molar-refractivity contribution in [3.05, 3.63) is 34.4 Å². The molecule has 0 aliphatic carbocycles. The van der Waals surface area contributed by atoms with Crippen molar-refractivity contribution in [2.45, 2.75) is 52.5 Å². The third-order valence-corrected chi connectivity index (χ3v) is 5.19. The molecule has 25 heavy (non-hydrogen) atoms. The first-order chi connectivity index (χ1) is 11.8. The summed E-state index contributed by atoms with van der Waals surface area (Å²) < 4.78 is 12.9. The quantitative estimate of drug-likeness (QED) is 0.852. The second-order valence-corrected chi connectivity index (χ2v) is 6.91. The summed E-state index contributed by atoms with van der Waals surface area (Å²) in [5.41, 5.74) is 2.93. The van der Waals surface area contributed by atoms with Gasteiger partial charge in [-0.3, -0.25) is 4.79 Å². The van der Waals surface area contributed by atoms with Crippen molar-refractivity contribution in [1.29, 1.82) is 0 Å². The van der Waals surface area contributed by atoms with Gasteiger partial charge in [-0.05, 0) is 46.6 Å². The molecule has 1 amide bonds. The van der Waals surface area contributed by atoms with Gasteiger partial charge in [0.05, 0.1) is 30.3 Å². The molecule has 2 aromatic rings. The summed E-state index contributed by atoms with van der Waals surface area (Å²) in [6, 6.07) is 1.99. The minimum absolute atomic E-state index is 0.0203. The molecule has 136 valence electrons. The average Bonchev–Trinajstić information content (AvgIpc) is 3.22. The largest absolute Gasteiger partial charge is 0.481 e. The first-order valence-electron chi connectivity index (χ1n) is 8.80. The molecule has 0 N–H and O–H groups in total. The molecule has 1 aliphatic heterocycles. The standard InChI is InChI=1S/C19H27N3O3/c1-11-10-15(14(4)25-11)12(2)18(23)22-9-7-8-16(22)17-13(3)20-21(5)19(17)24-6/h10,12,16H,7-9H2,1-6H3/t12-,16-/m0/s1. The van der Waals surface area contributed by atoms with Crippen LogP contribution in [-0.2, 0) is 11.8 Å². The first kappa shape index (κ1) is 17.6. The zero-order chi connectivity index (χ0) is 18.3. The van der Waals surface area contributed by atoms with Gasteiger partial charge in [0.25, 0.3) is 0 Å². The number of rotatable bonds is 4. The number of likely N-dealkylation sites (tertiary alicyclic amines) is 1. The number of amides is 1. The van der Waals surface area contributed by atoms with E-state index in [9.17, 15) is 4.79 Å². The maximum Gasteiger partial charge on any atom is 0.230 e. The molecule has 1 saturated heterocycles. The Balaban J connectivity index is 1.92. The number of aromatic nitrogens is 2. The molecule has 2 atom stereocenters. The molecule has 6 heteroatoms. The summed E-state index contributed by atoms with van der Waals surface area (Å²) in [6.45, 7) is 8.54. The summed E-state index contributed by atoms with van der Waals surface area (Å²) in [5, 5.41) is 4.48. The van der Waals surface area contributed by atoms with Gasteiger partial charge < -0.3 is 14.1 Å². The third kappa shape index (κ3) is 2.94. The highest BCUT2D eigenvalue weighted by Crippen LogP contribution is 2.40. The Hall–Kier alpha value is -2.24. The van der Waals surface area contributed by atoms with Gasteiger partial charge >= 0.3 is 0 Å². The minimum Gasteiger partial charge on any atom is -0.481 e. The fourth-order valence-corrected chi connectivity index (χ4v) is 4.07. The van der Waals surface area contributed by atoms with E-state index in [0.29, 0.717) is 0 Å². The summed E-state index contributed by atoms with van der Waals surface area (Å²) in [4.78, 5) is 15.2. The lowest BCUT2D eigenvalue weighted by molar-refractivity contribution is -0.133. The monoisotopic (exact) mass is 345 g/mol. The number of nitrogens with zero attached hydrogens (tertiary/aromatic N) is 3. The second-order valence-electron chi connectivity index (χ2n) is 6.91. The van der Waals surface area contributed by atoms with Crippen molar-refractivity contribution >= 4 is 5.91 Å². The molecule has 0 bridgehead atoms. The molecule has 6 nitrogen and oxygen atoms in total. The summed E-state index contributed by atoms with van der Waals surface area (Å²) in [7, 11) is 3.53. The molecule has 1 aliphatic rings. The summed E-state index contributed by atoms with van der Waals surface area (Å²) >= 11 is 0. The molecule has 3 heterocycles. The Morgan fingerprint density at radius 3 is 2.72 bits per heavy atom. The second kappa shape index (κ2) is 6.58. The van der Waals surface area contributed by atoms with Crippen LogP contribution in [0, 0.1) is 20.8 Å². The van der Waals surface area contributed by atoms with Crippen LogP contribution in [0.4, 0.5) is 0 Å². The maximum atomic E-state index is 13.2. The third-order valence-electron chi connectivity index (χ3n) is 5.19. The highest BCUT2D eigenvalue weighted by Gasteiger charge is 2.37. The van der Waals surface area contributed by atoms with E-state index in [-0.39, 0.29) is 17.9 Å². The number of furan rings is 1. The number of ether oxygens (including phenoxy) is 1. The number of aryl methyl sites for hydroxylation is 4. The van der Waals surface area contributed by atoms with Crippen molar-refractivity contribution < 1.29 is 13.9 Å². The van der Waals surface area contributed by atoms with Crippen molar-refractivity contribution in [3.8, 4) is 5.88 Å². The van der Waals surface area contributed by atoms with Crippen LogP contribution >= 0.6 is 0 Å². The lowest BCUT2D eigenvalue weighted by atomic mass is 9.98. The molecule has 0 saturated carbocycles. The van der Waals surface area contributed by atoms with E-state index in [1.54, 1.807) is 11.8 Å². The molecule has 0 unspecified atom stereocenters. The van der Waals surface area contributed by atoms with E-state index in [4.69, 9.17) is 9.15 Å². The molecular weight excluding hydrogens is 318 g/mol. The van der Waals surface area contributed by atoms with Gasteiger partial charge in [0.1, 0.15) is 11.5 Å². The van der Waals surface area contributed by atoms with E-state index in [1.165, 1.54) is 0 Å². The minimum atomic E-state index is -0.221. The predicted molar refractivity (Wildman–Crippen MR) is 94.8 cm³/mol. The Morgan fingerprint density at radius 2 is 2.12 bits per heavy atom. The average molecular weight is 345 g/mol. The Kier molecular flexibility index (Phi) is 4.62. The topological polar surface area (TPSA) is 60.5 Å². The van der Waals surface area contributed by atoms with Crippen molar-refractivity contribution in [1.82, 2.24) is 14.7 Å². The SMILES string of the molecule is COc1c([C@@H]2CCCN2C(=O)[C@@H](C)c2cc(C)oc2C)c(C)nn1C. The van der Waals surface area contributed by atoms with Crippen molar-refractivity contribution in [2.24, 2.45) is 7.05 Å². The number of carbonyl (C=O) groups excluding carboxylic acids is 1. The lowest BCUT2D eigenvalue weighted by Crippen LogP contribution is -2.34. The Morgan fingerprint density at radius 1 is 1.40 bits per heavy atom. The van der Waals surface area contributed by atoms with Crippen LogP contribution in [-0.4, -0.2) is 34.2 Å². The number of methoxy groups -OCH3 is 1. The van der Waals surface area contributed by atoms with E-state index >= 15 is 0 Å². The van der Waals surface area contributed by atoms with Crippen LogP contribution in [0.5, 0.6) is 5.88 Å². The van der Waals surface area contributed by atoms with Crippen molar-refractivity contribution in [3.63, 3.8) is 0 Å². The Labute approximate surface area is 148 Å². The smallest absolute Gasteiger partial charge is 0.230 e. The highest BCUT2D eigenvalue weighted by molar-refractivity contribution is 5.84. The zero-order valence-electron chi connectivity index (χ0n) is 15.9. The maximum absolute atomic E-state index is 13.2. The fourth-order valence-electron chi connectivity index (χ4n) is 4.07.